The molecule has 0 bridgehead atoms. The Kier molecular flexibility index (Phi) is 5.36. The van der Waals surface area contributed by atoms with Gasteiger partial charge < -0.3 is 10.1 Å². The summed E-state index contributed by atoms with van der Waals surface area (Å²) in [7, 11) is 0. The maximum Gasteiger partial charge on any atom is 0.257 e. The molecule has 1 N–H and O–H groups in total. The highest BCUT2D eigenvalue weighted by atomic mass is 16.5. The third-order valence-corrected chi connectivity index (χ3v) is 2.45. The average Bonchev–Trinajstić information content (AvgIpc) is 2.34. The number of hydrogen-bond donors (Lipinski definition) is 1. The lowest BCUT2D eigenvalue weighted by atomic mass is 10.1. The van der Waals surface area contributed by atoms with Crippen LogP contribution in [0.4, 0.5) is 0 Å². The molecule has 0 saturated carbocycles. The summed E-state index contributed by atoms with van der Waals surface area (Å²) in [4.78, 5) is 22.9. The SMILES string of the molecule is CCCNC(=O)COc1ccc(C)cc1C(C)=O. The fourth-order valence-corrected chi connectivity index (χ4v) is 1.50. The number of benzene rings is 1. The van der Waals surface area contributed by atoms with E-state index in [2.05, 4.69) is 5.32 Å². The van der Waals surface area contributed by atoms with Gasteiger partial charge in [-0.15, -0.1) is 0 Å². The lowest BCUT2D eigenvalue weighted by molar-refractivity contribution is -0.123. The van der Waals surface area contributed by atoms with E-state index < -0.39 is 0 Å². The van der Waals surface area contributed by atoms with Crippen molar-refractivity contribution in [1.29, 1.82) is 0 Å². The molecule has 18 heavy (non-hydrogen) atoms. The van der Waals surface area contributed by atoms with Crippen LogP contribution in [0.2, 0.25) is 0 Å². The molecule has 0 aliphatic carbocycles. The zero-order valence-corrected chi connectivity index (χ0v) is 11.1. The first kappa shape index (κ1) is 14.2. The molecule has 0 radical (unpaired) electrons. The van der Waals surface area contributed by atoms with Crippen molar-refractivity contribution in [3.05, 3.63) is 29.3 Å². The van der Waals surface area contributed by atoms with Gasteiger partial charge in [0.2, 0.25) is 0 Å². The van der Waals surface area contributed by atoms with Gasteiger partial charge in [0.15, 0.2) is 12.4 Å². The summed E-state index contributed by atoms with van der Waals surface area (Å²) < 4.78 is 5.38. The van der Waals surface area contributed by atoms with Gasteiger partial charge in [0.1, 0.15) is 5.75 Å². The van der Waals surface area contributed by atoms with Crippen LogP contribution < -0.4 is 10.1 Å². The topological polar surface area (TPSA) is 55.4 Å². The van der Waals surface area contributed by atoms with E-state index >= 15 is 0 Å². The molecule has 98 valence electrons. The number of ketones is 1. The number of rotatable bonds is 6. The van der Waals surface area contributed by atoms with Gasteiger partial charge in [0.05, 0.1) is 5.56 Å². The quantitative estimate of drug-likeness (QED) is 0.785. The highest BCUT2D eigenvalue weighted by molar-refractivity contribution is 5.97. The van der Waals surface area contributed by atoms with Crippen LogP contribution in [-0.2, 0) is 4.79 Å². The third-order valence-electron chi connectivity index (χ3n) is 2.45. The van der Waals surface area contributed by atoms with Crippen LogP contribution in [0.1, 0.15) is 36.2 Å². The van der Waals surface area contributed by atoms with Crippen molar-refractivity contribution in [1.82, 2.24) is 5.32 Å². The Morgan fingerprint density at radius 3 is 2.67 bits per heavy atom. The van der Waals surface area contributed by atoms with Crippen molar-refractivity contribution in [3.63, 3.8) is 0 Å². The van der Waals surface area contributed by atoms with Gasteiger partial charge in [-0.25, -0.2) is 0 Å². The molecule has 0 saturated heterocycles. The maximum atomic E-state index is 11.5. The fraction of sp³-hybridized carbons (Fsp3) is 0.429. The predicted molar refractivity (Wildman–Crippen MR) is 70.0 cm³/mol. The molecule has 0 unspecified atom stereocenters. The van der Waals surface area contributed by atoms with E-state index in [4.69, 9.17) is 4.74 Å². The van der Waals surface area contributed by atoms with Gasteiger partial charge in [-0.05, 0) is 32.4 Å². The molecule has 0 aliphatic rings. The number of carbonyl (C=O) groups is 2. The minimum absolute atomic E-state index is 0.0661. The van der Waals surface area contributed by atoms with Crippen LogP contribution >= 0.6 is 0 Å². The molecule has 0 fully saturated rings. The minimum atomic E-state index is -0.174. The van der Waals surface area contributed by atoms with E-state index in [1.165, 1.54) is 6.92 Å². The van der Waals surface area contributed by atoms with Gasteiger partial charge in [0.25, 0.3) is 5.91 Å². The number of amides is 1. The van der Waals surface area contributed by atoms with Crippen LogP contribution in [-0.4, -0.2) is 24.8 Å². The second-order valence-corrected chi connectivity index (χ2v) is 4.19. The summed E-state index contributed by atoms with van der Waals surface area (Å²) in [5.41, 5.74) is 1.50. The van der Waals surface area contributed by atoms with Crippen LogP contribution in [0, 0.1) is 6.92 Å². The number of aryl methyl sites for hydroxylation is 1. The summed E-state index contributed by atoms with van der Waals surface area (Å²) >= 11 is 0. The van der Waals surface area contributed by atoms with E-state index in [0.29, 0.717) is 17.9 Å². The van der Waals surface area contributed by atoms with Crippen LogP contribution in [0.25, 0.3) is 0 Å². The van der Waals surface area contributed by atoms with E-state index in [1.54, 1.807) is 12.1 Å². The smallest absolute Gasteiger partial charge is 0.257 e. The number of hydrogen-bond acceptors (Lipinski definition) is 3. The Balaban J connectivity index is 2.67. The molecule has 1 aromatic rings. The molecule has 4 heteroatoms. The Morgan fingerprint density at radius 1 is 1.33 bits per heavy atom. The first-order valence-corrected chi connectivity index (χ1v) is 6.05. The maximum absolute atomic E-state index is 11.5. The lowest BCUT2D eigenvalue weighted by Crippen LogP contribution is -2.29. The molecule has 0 heterocycles. The second-order valence-electron chi connectivity index (χ2n) is 4.19. The highest BCUT2D eigenvalue weighted by Gasteiger charge is 2.10. The molecule has 1 aromatic carbocycles. The summed E-state index contributed by atoms with van der Waals surface area (Å²) in [5.74, 6) is 0.217. The Bertz CT molecular complexity index is 441. The van der Waals surface area contributed by atoms with Crippen LogP contribution in [0.3, 0.4) is 0 Å². The summed E-state index contributed by atoms with van der Waals surface area (Å²) in [6, 6.07) is 5.34. The van der Waals surface area contributed by atoms with Crippen molar-refractivity contribution >= 4 is 11.7 Å². The standard InChI is InChI=1S/C14H19NO3/c1-4-7-15-14(17)9-18-13-6-5-10(2)8-12(13)11(3)16/h5-6,8H,4,7,9H2,1-3H3,(H,15,17). The van der Waals surface area contributed by atoms with Gasteiger partial charge >= 0.3 is 0 Å². The molecule has 1 rings (SSSR count). The predicted octanol–water partition coefficient (Wildman–Crippen LogP) is 2.10. The molecule has 0 aromatic heterocycles. The Morgan fingerprint density at radius 2 is 2.06 bits per heavy atom. The zero-order valence-electron chi connectivity index (χ0n) is 11.1. The molecule has 4 nitrogen and oxygen atoms in total. The van der Waals surface area contributed by atoms with Crippen LogP contribution in [0.15, 0.2) is 18.2 Å². The summed E-state index contributed by atoms with van der Waals surface area (Å²) in [5, 5.41) is 2.71. The molecular weight excluding hydrogens is 230 g/mol. The largest absolute Gasteiger partial charge is 0.483 e. The van der Waals surface area contributed by atoms with Crippen molar-refractivity contribution in [2.24, 2.45) is 0 Å². The summed E-state index contributed by atoms with van der Waals surface area (Å²) in [6.45, 7) is 5.94. The molecule has 0 spiro atoms. The average molecular weight is 249 g/mol. The zero-order chi connectivity index (χ0) is 13.5. The fourth-order valence-electron chi connectivity index (χ4n) is 1.50. The highest BCUT2D eigenvalue weighted by Crippen LogP contribution is 2.20. The van der Waals surface area contributed by atoms with Gasteiger partial charge in [0, 0.05) is 6.54 Å². The van der Waals surface area contributed by atoms with Gasteiger partial charge in [-0.2, -0.15) is 0 Å². The molecule has 0 atom stereocenters. The van der Waals surface area contributed by atoms with E-state index in [9.17, 15) is 9.59 Å². The van der Waals surface area contributed by atoms with Crippen molar-refractivity contribution in [2.45, 2.75) is 27.2 Å². The van der Waals surface area contributed by atoms with E-state index in [1.807, 2.05) is 19.9 Å². The van der Waals surface area contributed by atoms with Gasteiger partial charge in [-0.3, -0.25) is 9.59 Å². The second kappa shape index (κ2) is 6.79. The number of ether oxygens (including phenoxy) is 1. The van der Waals surface area contributed by atoms with E-state index in [0.717, 1.165) is 12.0 Å². The van der Waals surface area contributed by atoms with E-state index in [-0.39, 0.29) is 18.3 Å². The minimum Gasteiger partial charge on any atom is -0.483 e. The lowest BCUT2D eigenvalue weighted by Gasteiger charge is -2.10. The number of carbonyl (C=O) groups excluding carboxylic acids is 2. The van der Waals surface area contributed by atoms with Crippen LogP contribution in [0.5, 0.6) is 5.75 Å². The number of nitrogens with one attached hydrogen (secondary N) is 1. The third kappa shape index (κ3) is 4.20. The van der Waals surface area contributed by atoms with Crippen molar-refractivity contribution < 1.29 is 14.3 Å². The molecular formula is C14H19NO3. The number of Topliss-reactive ketones (excluding diaryl/α,β-unsaturated/α-hetero) is 1. The first-order chi connectivity index (χ1) is 8.54. The Hall–Kier alpha value is -1.84. The molecule has 1 amide bonds. The van der Waals surface area contributed by atoms with Crippen molar-refractivity contribution in [2.75, 3.05) is 13.2 Å². The van der Waals surface area contributed by atoms with Crippen molar-refractivity contribution in [3.8, 4) is 5.75 Å². The first-order valence-electron chi connectivity index (χ1n) is 6.05. The normalized spacial score (nSPS) is 9.94. The molecule has 0 aliphatic heterocycles. The van der Waals surface area contributed by atoms with Gasteiger partial charge in [-0.1, -0.05) is 18.6 Å². The summed E-state index contributed by atoms with van der Waals surface area (Å²) in [6.07, 6.45) is 0.884. The Labute approximate surface area is 107 Å². The monoisotopic (exact) mass is 249 g/mol.